The van der Waals surface area contributed by atoms with Crippen molar-refractivity contribution in [2.75, 3.05) is 24.5 Å². The summed E-state index contributed by atoms with van der Waals surface area (Å²) in [5.74, 6) is -0.228. The van der Waals surface area contributed by atoms with Crippen LogP contribution in [0.2, 0.25) is 0 Å². The number of amides is 2. The van der Waals surface area contributed by atoms with E-state index in [0.29, 0.717) is 6.54 Å². The molecule has 0 radical (unpaired) electrons. The zero-order valence-electron chi connectivity index (χ0n) is 14.6. The van der Waals surface area contributed by atoms with Gasteiger partial charge in [-0.1, -0.05) is 32.0 Å². The Morgan fingerprint density at radius 3 is 2.35 bits per heavy atom. The van der Waals surface area contributed by atoms with Crippen LogP contribution in [0.5, 0.6) is 0 Å². The normalized spacial score (nSPS) is 11.9. The molecule has 0 fully saturated rings. The summed E-state index contributed by atoms with van der Waals surface area (Å²) >= 11 is 0. The Morgan fingerprint density at radius 1 is 1.17 bits per heavy atom. The van der Waals surface area contributed by atoms with Crippen molar-refractivity contribution < 1.29 is 9.59 Å². The van der Waals surface area contributed by atoms with E-state index < -0.39 is 6.04 Å². The van der Waals surface area contributed by atoms with Crippen LogP contribution >= 0.6 is 0 Å². The zero-order chi connectivity index (χ0) is 17.2. The summed E-state index contributed by atoms with van der Waals surface area (Å²) in [5.41, 5.74) is 1.19. The molecule has 2 amide bonds. The maximum absolute atomic E-state index is 12.2. The second kappa shape index (κ2) is 9.87. The lowest BCUT2D eigenvalue weighted by Gasteiger charge is -2.24. The van der Waals surface area contributed by atoms with Crippen molar-refractivity contribution in [3.05, 3.63) is 30.3 Å². The second-order valence-corrected chi connectivity index (χ2v) is 5.98. The third kappa shape index (κ3) is 6.72. The highest BCUT2D eigenvalue weighted by Gasteiger charge is 2.22. The van der Waals surface area contributed by atoms with Crippen molar-refractivity contribution in [3.8, 4) is 0 Å². The van der Waals surface area contributed by atoms with E-state index in [9.17, 15) is 9.59 Å². The van der Waals surface area contributed by atoms with Gasteiger partial charge in [0.1, 0.15) is 6.04 Å². The lowest BCUT2D eigenvalue weighted by molar-refractivity contribution is -0.129. The Bertz CT molecular complexity index is 488. The van der Waals surface area contributed by atoms with Crippen LogP contribution in [0.1, 0.15) is 34.1 Å². The van der Waals surface area contributed by atoms with Gasteiger partial charge < -0.3 is 15.5 Å². The van der Waals surface area contributed by atoms with Crippen LogP contribution in [-0.2, 0) is 9.59 Å². The first-order valence-electron chi connectivity index (χ1n) is 8.30. The Balaban J connectivity index is 2.40. The molecular formula is C18H29N3O2. The number of hydrogen-bond acceptors (Lipinski definition) is 3. The second-order valence-electron chi connectivity index (χ2n) is 5.98. The van der Waals surface area contributed by atoms with E-state index in [2.05, 4.69) is 34.6 Å². The van der Waals surface area contributed by atoms with Gasteiger partial charge in [-0.2, -0.15) is 0 Å². The SMILES string of the molecule is CCN(CCCNC(=O)[C@H](NC(C)=O)C(C)C)c1ccccc1. The molecular weight excluding hydrogens is 290 g/mol. The monoisotopic (exact) mass is 319 g/mol. The van der Waals surface area contributed by atoms with E-state index in [1.165, 1.54) is 12.6 Å². The summed E-state index contributed by atoms with van der Waals surface area (Å²) < 4.78 is 0. The maximum atomic E-state index is 12.2. The topological polar surface area (TPSA) is 61.4 Å². The lowest BCUT2D eigenvalue weighted by Crippen LogP contribution is -2.49. The van der Waals surface area contributed by atoms with E-state index >= 15 is 0 Å². The number of nitrogens with zero attached hydrogens (tertiary/aromatic N) is 1. The van der Waals surface area contributed by atoms with Crippen LogP contribution in [0.25, 0.3) is 0 Å². The molecule has 2 N–H and O–H groups in total. The summed E-state index contributed by atoms with van der Waals surface area (Å²) in [5, 5.41) is 5.62. The quantitative estimate of drug-likeness (QED) is 0.686. The van der Waals surface area contributed by atoms with E-state index in [1.54, 1.807) is 0 Å². The molecule has 0 saturated carbocycles. The number of rotatable bonds is 9. The fourth-order valence-electron chi connectivity index (χ4n) is 2.45. The number of carbonyl (C=O) groups excluding carboxylic acids is 2. The van der Waals surface area contributed by atoms with Crippen LogP contribution in [0.15, 0.2) is 30.3 Å². The average molecular weight is 319 g/mol. The predicted octanol–water partition coefficient (Wildman–Crippen LogP) is 2.18. The van der Waals surface area contributed by atoms with Crippen molar-refractivity contribution in [1.82, 2.24) is 10.6 Å². The van der Waals surface area contributed by atoms with Crippen molar-refractivity contribution >= 4 is 17.5 Å². The smallest absolute Gasteiger partial charge is 0.242 e. The average Bonchev–Trinajstić information content (AvgIpc) is 2.53. The fraction of sp³-hybridized carbons (Fsp3) is 0.556. The number of hydrogen-bond donors (Lipinski definition) is 2. The van der Waals surface area contributed by atoms with Gasteiger partial charge in [0.15, 0.2) is 0 Å². The summed E-state index contributed by atoms with van der Waals surface area (Å²) in [6.07, 6.45) is 0.860. The first kappa shape index (κ1) is 19.0. The third-order valence-corrected chi connectivity index (χ3v) is 3.72. The molecule has 1 aromatic carbocycles. The first-order valence-corrected chi connectivity index (χ1v) is 8.30. The van der Waals surface area contributed by atoms with Gasteiger partial charge in [0.05, 0.1) is 0 Å². The lowest BCUT2D eigenvalue weighted by atomic mass is 10.0. The number of anilines is 1. The minimum atomic E-state index is -0.469. The molecule has 5 heteroatoms. The number of benzene rings is 1. The number of nitrogens with one attached hydrogen (secondary N) is 2. The Hall–Kier alpha value is -2.04. The first-order chi connectivity index (χ1) is 11.0. The highest BCUT2D eigenvalue weighted by Crippen LogP contribution is 2.12. The number of para-hydroxylation sites is 1. The fourth-order valence-corrected chi connectivity index (χ4v) is 2.45. The summed E-state index contributed by atoms with van der Waals surface area (Å²) in [7, 11) is 0. The largest absolute Gasteiger partial charge is 0.372 e. The standard InChI is InChI=1S/C18H29N3O2/c1-5-21(16-10-7-6-8-11-16)13-9-12-19-18(23)17(14(2)3)20-15(4)22/h6-8,10-11,14,17H,5,9,12-13H2,1-4H3,(H,19,23)(H,20,22)/t17-/m1/s1. The molecule has 0 aliphatic heterocycles. The third-order valence-electron chi connectivity index (χ3n) is 3.72. The molecule has 0 aromatic heterocycles. The van der Waals surface area contributed by atoms with Crippen LogP contribution < -0.4 is 15.5 Å². The predicted molar refractivity (Wildman–Crippen MR) is 94.4 cm³/mol. The Labute approximate surface area is 139 Å². The highest BCUT2D eigenvalue weighted by atomic mass is 16.2. The van der Waals surface area contributed by atoms with E-state index in [1.807, 2.05) is 32.0 Å². The van der Waals surface area contributed by atoms with E-state index in [-0.39, 0.29) is 17.7 Å². The minimum absolute atomic E-state index is 0.0651. The molecule has 0 spiro atoms. The van der Waals surface area contributed by atoms with E-state index in [4.69, 9.17) is 0 Å². The highest BCUT2D eigenvalue weighted by molar-refractivity contribution is 5.86. The van der Waals surface area contributed by atoms with Crippen LogP contribution in [0.3, 0.4) is 0 Å². The van der Waals surface area contributed by atoms with Gasteiger partial charge in [-0.25, -0.2) is 0 Å². The Kier molecular flexibility index (Phi) is 8.16. The summed E-state index contributed by atoms with van der Waals surface area (Å²) in [6.45, 7) is 9.82. The molecule has 1 rings (SSSR count). The molecule has 5 nitrogen and oxygen atoms in total. The molecule has 23 heavy (non-hydrogen) atoms. The van der Waals surface area contributed by atoms with Gasteiger partial charge in [-0.15, -0.1) is 0 Å². The van der Waals surface area contributed by atoms with Crippen LogP contribution in [0, 0.1) is 5.92 Å². The van der Waals surface area contributed by atoms with Gasteiger partial charge in [0.2, 0.25) is 11.8 Å². The summed E-state index contributed by atoms with van der Waals surface area (Å²) in [4.78, 5) is 25.6. The van der Waals surface area contributed by atoms with Gasteiger partial charge >= 0.3 is 0 Å². The molecule has 0 unspecified atom stereocenters. The molecule has 1 atom stereocenters. The Morgan fingerprint density at radius 2 is 1.83 bits per heavy atom. The molecule has 128 valence electrons. The summed E-state index contributed by atoms with van der Waals surface area (Å²) in [6, 6.07) is 9.78. The van der Waals surface area contributed by atoms with Crippen LogP contribution in [0.4, 0.5) is 5.69 Å². The van der Waals surface area contributed by atoms with Crippen molar-refractivity contribution in [3.63, 3.8) is 0 Å². The molecule has 1 aromatic rings. The van der Waals surface area contributed by atoms with Gasteiger partial charge in [-0.3, -0.25) is 9.59 Å². The molecule has 0 bridgehead atoms. The van der Waals surface area contributed by atoms with Crippen molar-refractivity contribution in [2.45, 2.75) is 40.2 Å². The molecule has 0 heterocycles. The maximum Gasteiger partial charge on any atom is 0.242 e. The van der Waals surface area contributed by atoms with Gasteiger partial charge in [-0.05, 0) is 31.4 Å². The van der Waals surface area contributed by atoms with Gasteiger partial charge in [0.25, 0.3) is 0 Å². The van der Waals surface area contributed by atoms with Crippen molar-refractivity contribution in [1.29, 1.82) is 0 Å². The van der Waals surface area contributed by atoms with Crippen LogP contribution in [-0.4, -0.2) is 37.5 Å². The van der Waals surface area contributed by atoms with Gasteiger partial charge in [0, 0.05) is 32.2 Å². The molecule has 0 saturated heterocycles. The molecule has 0 aliphatic rings. The minimum Gasteiger partial charge on any atom is -0.372 e. The zero-order valence-corrected chi connectivity index (χ0v) is 14.6. The number of carbonyl (C=O) groups is 2. The van der Waals surface area contributed by atoms with E-state index in [0.717, 1.165) is 19.5 Å². The van der Waals surface area contributed by atoms with Crippen molar-refractivity contribution in [2.24, 2.45) is 5.92 Å². The molecule has 0 aliphatic carbocycles.